The van der Waals surface area contributed by atoms with Crippen LogP contribution in [0, 0.1) is 0 Å². The van der Waals surface area contributed by atoms with Crippen LogP contribution in [0.5, 0.6) is 0 Å². The monoisotopic (exact) mass is 267 g/mol. The van der Waals surface area contributed by atoms with Gasteiger partial charge < -0.3 is 10.1 Å². The number of aromatic nitrogens is 2. The second-order valence-electron chi connectivity index (χ2n) is 5.29. The SMILES string of the molecule is CCCNC(Cc1cnn(CC)c1)C(C)(CC)OC. The van der Waals surface area contributed by atoms with Crippen LogP contribution in [0.3, 0.4) is 0 Å². The highest BCUT2D eigenvalue weighted by molar-refractivity contribution is 5.09. The van der Waals surface area contributed by atoms with Gasteiger partial charge in [-0.15, -0.1) is 0 Å². The summed E-state index contributed by atoms with van der Waals surface area (Å²) in [5.74, 6) is 0. The van der Waals surface area contributed by atoms with Crippen molar-refractivity contribution in [2.75, 3.05) is 13.7 Å². The predicted molar refractivity (Wildman–Crippen MR) is 79.4 cm³/mol. The van der Waals surface area contributed by atoms with Crippen LogP contribution in [0.25, 0.3) is 0 Å². The molecular weight excluding hydrogens is 238 g/mol. The molecule has 0 radical (unpaired) electrons. The van der Waals surface area contributed by atoms with Crippen molar-refractivity contribution in [3.8, 4) is 0 Å². The van der Waals surface area contributed by atoms with E-state index in [4.69, 9.17) is 4.74 Å². The van der Waals surface area contributed by atoms with Crippen molar-refractivity contribution in [2.24, 2.45) is 0 Å². The third kappa shape index (κ3) is 4.32. The topological polar surface area (TPSA) is 39.1 Å². The molecule has 0 saturated carbocycles. The molecule has 0 saturated heterocycles. The molecule has 1 aromatic heterocycles. The average Bonchev–Trinajstić information content (AvgIpc) is 2.90. The summed E-state index contributed by atoms with van der Waals surface area (Å²) in [6.07, 6.45) is 7.18. The van der Waals surface area contributed by atoms with Crippen LogP contribution < -0.4 is 5.32 Å². The summed E-state index contributed by atoms with van der Waals surface area (Å²) >= 11 is 0. The van der Waals surface area contributed by atoms with E-state index in [9.17, 15) is 0 Å². The molecule has 0 spiro atoms. The van der Waals surface area contributed by atoms with E-state index in [1.165, 1.54) is 5.56 Å². The zero-order valence-corrected chi connectivity index (χ0v) is 13.1. The maximum atomic E-state index is 5.76. The molecule has 0 aliphatic rings. The fourth-order valence-electron chi connectivity index (χ4n) is 2.28. The van der Waals surface area contributed by atoms with E-state index in [1.807, 2.05) is 10.9 Å². The van der Waals surface area contributed by atoms with Gasteiger partial charge >= 0.3 is 0 Å². The highest BCUT2D eigenvalue weighted by Gasteiger charge is 2.32. The Hall–Kier alpha value is -0.870. The first kappa shape index (κ1) is 16.2. The Morgan fingerprint density at radius 3 is 2.63 bits per heavy atom. The van der Waals surface area contributed by atoms with Crippen molar-refractivity contribution in [3.05, 3.63) is 18.0 Å². The standard InChI is InChI=1S/C15H29N3O/c1-6-9-16-14(15(4,7-2)19-5)10-13-11-17-18(8-3)12-13/h11-12,14,16H,6-10H2,1-5H3. The molecule has 0 bridgehead atoms. The Kier molecular flexibility index (Phi) is 6.52. The molecule has 110 valence electrons. The number of nitrogens with zero attached hydrogens (tertiary/aromatic N) is 2. The minimum Gasteiger partial charge on any atom is -0.377 e. The number of ether oxygens (including phenoxy) is 1. The number of hydrogen-bond acceptors (Lipinski definition) is 3. The van der Waals surface area contributed by atoms with Crippen LogP contribution in [0.2, 0.25) is 0 Å². The van der Waals surface area contributed by atoms with Crippen molar-refractivity contribution >= 4 is 0 Å². The second-order valence-corrected chi connectivity index (χ2v) is 5.29. The van der Waals surface area contributed by atoms with E-state index in [1.54, 1.807) is 7.11 Å². The summed E-state index contributed by atoms with van der Waals surface area (Å²) in [4.78, 5) is 0. The van der Waals surface area contributed by atoms with Crippen molar-refractivity contribution < 1.29 is 4.74 Å². The lowest BCUT2D eigenvalue weighted by Gasteiger charge is -2.36. The Morgan fingerprint density at radius 1 is 1.42 bits per heavy atom. The third-order valence-corrected chi connectivity index (χ3v) is 4.00. The zero-order chi connectivity index (χ0) is 14.3. The molecule has 0 aliphatic carbocycles. The van der Waals surface area contributed by atoms with Gasteiger partial charge in [0.25, 0.3) is 0 Å². The summed E-state index contributed by atoms with van der Waals surface area (Å²) in [6.45, 7) is 10.6. The minimum absolute atomic E-state index is 0.135. The summed E-state index contributed by atoms with van der Waals surface area (Å²) in [7, 11) is 1.81. The summed E-state index contributed by atoms with van der Waals surface area (Å²) in [6, 6.07) is 0.317. The number of rotatable bonds is 9. The Balaban J connectivity index is 2.78. The van der Waals surface area contributed by atoms with Crippen LogP contribution in [-0.4, -0.2) is 35.1 Å². The summed E-state index contributed by atoms with van der Waals surface area (Å²) in [5.41, 5.74) is 1.14. The molecule has 0 amide bonds. The predicted octanol–water partition coefficient (Wildman–Crippen LogP) is 2.63. The van der Waals surface area contributed by atoms with Gasteiger partial charge in [0.1, 0.15) is 0 Å². The van der Waals surface area contributed by atoms with Crippen LogP contribution in [0.4, 0.5) is 0 Å². The van der Waals surface area contributed by atoms with Gasteiger partial charge in [0, 0.05) is 25.9 Å². The van der Waals surface area contributed by atoms with Crippen molar-refractivity contribution in [2.45, 2.75) is 65.1 Å². The van der Waals surface area contributed by atoms with Crippen LogP contribution >= 0.6 is 0 Å². The summed E-state index contributed by atoms with van der Waals surface area (Å²) < 4.78 is 7.74. The Morgan fingerprint density at radius 2 is 2.16 bits per heavy atom. The molecule has 1 rings (SSSR count). The highest BCUT2D eigenvalue weighted by atomic mass is 16.5. The lowest BCUT2D eigenvalue weighted by molar-refractivity contribution is -0.0287. The van der Waals surface area contributed by atoms with Gasteiger partial charge in [0.05, 0.1) is 11.8 Å². The highest BCUT2D eigenvalue weighted by Crippen LogP contribution is 2.22. The van der Waals surface area contributed by atoms with Gasteiger partial charge in [-0.2, -0.15) is 5.10 Å². The van der Waals surface area contributed by atoms with Crippen LogP contribution in [0.15, 0.2) is 12.4 Å². The van der Waals surface area contributed by atoms with E-state index in [0.717, 1.165) is 32.4 Å². The lowest BCUT2D eigenvalue weighted by Crippen LogP contribution is -2.51. The second kappa shape index (κ2) is 7.65. The van der Waals surface area contributed by atoms with Crippen molar-refractivity contribution in [1.82, 2.24) is 15.1 Å². The van der Waals surface area contributed by atoms with E-state index in [2.05, 4.69) is 44.3 Å². The number of hydrogen-bond donors (Lipinski definition) is 1. The van der Waals surface area contributed by atoms with Gasteiger partial charge in [-0.25, -0.2) is 0 Å². The molecule has 4 heteroatoms. The first-order chi connectivity index (χ1) is 9.09. The first-order valence-corrected chi connectivity index (χ1v) is 7.39. The van der Waals surface area contributed by atoms with E-state index in [0.29, 0.717) is 6.04 Å². The quantitative estimate of drug-likeness (QED) is 0.747. The van der Waals surface area contributed by atoms with Crippen LogP contribution in [-0.2, 0) is 17.7 Å². The number of aryl methyl sites for hydroxylation is 1. The van der Waals surface area contributed by atoms with Gasteiger partial charge in [0.2, 0.25) is 0 Å². The van der Waals surface area contributed by atoms with Gasteiger partial charge in [-0.05, 0) is 45.2 Å². The maximum absolute atomic E-state index is 5.76. The lowest BCUT2D eigenvalue weighted by atomic mass is 9.89. The van der Waals surface area contributed by atoms with Gasteiger partial charge in [-0.1, -0.05) is 13.8 Å². The van der Waals surface area contributed by atoms with E-state index in [-0.39, 0.29) is 5.60 Å². The molecule has 4 nitrogen and oxygen atoms in total. The molecule has 2 atom stereocenters. The normalized spacial score (nSPS) is 16.3. The first-order valence-electron chi connectivity index (χ1n) is 7.39. The average molecular weight is 267 g/mol. The molecule has 1 aromatic rings. The maximum Gasteiger partial charge on any atom is 0.0803 e. The molecule has 1 heterocycles. The minimum atomic E-state index is -0.135. The zero-order valence-electron chi connectivity index (χ0n) is 13.1. The summed E-state index contributed by atoms with van der Waals surface area (Å²) in [5, 5.41) is 7.98. The Labute approximate surface area is 117 Å². The molecule has 0 fully saturated rings. The molecule has 0 aliphatic heterocycles. The molecule has 2 unspecified atom stereocenters. The molecular formula is C15H29N3O. The molecule has 1 N–H and O–H groups in total. The molecule has 0 aromatic carbocycles. The largest absolute Gasteiger partial charge is 0.377 e. The fraction of sp³-hybridized carbons (Fsp3) is 0.800. The van der Waals surface area contributed by atoms with Crippen molar-refractivity contribution in [3.63, 3.8) is 0 Å². The number of nitrogens with one attached hydrogen (secondary N) is 1. The van der Waals surface area contributed by atoms with Gasteiger partial charge in [-0.3, -0.25) is 4.68 Å². The van der Waals surface area contributed by atoms with E-state index >= 15 is 0 Å². The molecule has 19 heavy (non-hydrogen) atoms. The Bertz CT molecular complexity index is 358. The van der Waals surface area contributed by atoms with Crippen LogP contribution in [0.1, 0.15) is 46.1 Å². The van der Waals surface area contributed by atoms with Crippen molar-refractivity contribution in [1.29, 1.82) is 0 Å². The van der Waals surface area contributed by atoms with E-state index < -0.39 is 0 Å². The number of methoxy groups -OCH3 is 1. The fourth-order valence-corrected chi connectivity index (χ4v) is 2.28. The third-order valence-electron chi connectivity index (χ3n) is 4.00. The smallest absolute Gasteiger partial charge is 0.0803 e. The van der Waals surface area contributed by atoms with Gasteiger partial charge in [0.15, 0.2) is 0 Å².